The summed E-state index contributed by atoms with van der Waals surface area (Å²) in [4.78, 5) is 10.5. The lowest BCUT2D eigenvalue weighted by atomic mass is 10.1. The highest BCUT2D eigenvalue weighted by molar-refractivity contribution is 7.97. The number of carbonyl (C=O) groups is 1. The van der Waals surface area contributed by atoms with Crippen LogP contribution in [0, 0.1) is 0 Å². The molecule has 1 rings (SSSR count). The highest BCUT2D eigenvalue weighted by Gasteiger charge is 2.02. The maximum Gasteiger partial charge on any atom is 0.328 e. The van der Waals surface area contributed by atoms with Crippen LogP contribution in [0.1, 0.15) is 11.1 Å². The highest BCUT2D eigenvalue weighted by Crippen LogP contribution is 2.23. The average Bonchev–Trinajstić information content (AvgIpc) is 2.27. The molecule has 4 heteroatoms. The molecule has 0 aromatic heterocycles. The van der Waals surface area contributed by atoms with Crippen molar-refractivity contribution in [3.8, 4) is 5.75 Å². The van der Waals surface area contributed by atoms with Gasteiger partial charge in [-0.3, -0.25) is 0 Å². The van der Waals surface area contributed by atoms with Crippen molar-refractivity contribution in [1.82, 2.24) is 0 Å². The van der Waals surface area contributed by atoms with E-state index in [4.69, 9.17) is 9.84 Å². The second kappa shape index (κ2) is 6.23. The summed E-state index contributed by atoms with van der Waals surface area (Å²) in [6, 6.07) is 5.77. The zero-order valence-corrected chi connectivity index (χ0v) is 10.1. The van der Waals surface area contributed by atoms with Crippen molar-refractivity contribution in [1.29, 1.82) is 0 Å². The van der Waals surface area contributed by atoms with E-state index < -0.39 is 5.97 Å². The lowest BCUT2D eigenvalue weighted by Gasteiger charge is -2.06. The van der Waals surface area contributed by atoms with Crippen LogP contribution in [0.25, 0.3) is 6.08 Å². The molecule has 0 aliphatic heterocycles. The number of hydrogen-bond acceptors (Lipinski definition) is 3. The summed E-state index contributed by atoms with van der Waals surface area (Å²) in [6.07, 6.45) is 4.68. The van der Waals surface area contributed by atoms with Crippen LogP contribution in [0.4, 0.5) is 0 Å². The van der Waals surface area contributed by atoms with E-state index in [1.165, 1.54) is 0 Å². The highest BCUT2D eigenvalue weighted by atomic mass is 32.2. The van der Waals surface area contributed by atoms with Crippen molar-refractivity contribution in [2.45, 2.75) is 5.75 Å². The van der Waals surface area contributed by atoms with E-state index in [1.54, 1.807) is 24.9 Å². The van der Waals surface area contributed by atoms with Gasteiger partial charge in [-0.2, -0.15) is 11.8 Å². The van der Waals surface area contributed by atoms with Crippen LogP contribution in [-0.4, -0.2) is 24.4 Å². The minimum atomic E-state index is -0.961. The zero-order chi connectivity index (χ0) is 12.0. The first-order valence-electron chi connectivity index (χ1n) is 4.74. The largest absolute Gasteiger partial charge is 0.496 e. The Morgan fingerprint density at radius 3 is 2.88 bits per heavy atom. The van der Waals surface area contributed by atoms with Crippen LogP contribution in [0.5, 0.6) is 5.75 Å². The third kappa shape index (κ3) is 3.62. The summed E-state index contributed by atoms with van der Waals surface area (Å²) in [5.74, 6) is 0.623. The Morgan fingerprint density at radius 1 is 1.56 bits per heavy atom. The molecule has 1 aromatic carbocycles. The molecule has 16 heavy (non-hydrogen) atoms. The summed E-state index contributed by atoms with van der Waals surface area (Å²) < 4.78 is 5.16. The standard InChI is InChI=1S/C12H14O3S/c1-15-11-5-3-9(8-16-2)7-10(11)4-6-12(13)14/h3-7H,8H2,1-2H3,(H,13,14)/b6-4+. The van der Waals surface area contributed by atoms with E-state index in [9.17, 15) is 4.79 Å². The summed E-state index contributed by atoms with van der Waals surface area (Å²) in [5.41, 5.74) is 1.94. The maximum atomic E-state index is 10.5. The Hall–Kier alpha value is -1.42. The van der Waals surface area contributed by atoms with Crippen molar-refractivity contribution in [2.75, 3.05) is 13.4 Å². The number of benzene rings is 1. The lowest BCUT2D eigenvalue weighted by Crippen LogP contribution is -1.91. The predicted molar refractivity (Wildman–Crippen MR) is 66.9 cm³/mol. The number of rotatable bonds is 5. The van der Waals surface area contributed by atoms with Gasteiger partial charge in [-0.25, -0.2) is 4.79 Å². The molecule has 1 N–H and O–H groups in total. The molecular formula is C12H14O3S. The Morgan fingerprint density at radius 2 is 2.31 bits per heavy atom. The van der Waals surface area contributed by atoms with Crippen LogP contribution in [-0.2, 0) is 10.5 Å². The molecule has 0 radical (unpaired) electrons. The zero-order valence-electron chi connectivity index (χ0n) is 9.27. The molecule has 1 aromatic rings. The van der Waals surface area contributed by atoms with Crippen molar-refractivity contribution in [2.24, 2.45) is 0 Å². The fourth-order valence-electron chi connectivity index (χ4n) is 1.33. The number of carboxylic acids is 1. The molecule has 0 unspecified atom stereocenters. The number of carboxylic acid groups (broad SMARTS) is 1. The summed E-state index contributed by atoms with van der Waals surface area (Å²) in [7, 11) is 1.57. The fraction of sp³-hybridized carbons (Fsp3) is 0.250. The monoisotopic (exact) mass is 238 g/mol. The third-order valence-electron chi connectivity index (χ3n) is 2.01. The average molecular weight is 238 g/mol. The quantitative estimate of drug-likeness (QED) is 0.801. The van der Waals surface area contributed by atoms with Gasteiger partial charge in [0.05, 0.1) is 7.11 Å². The van der Waals surface area contributed by atoms with Gasteiger partial charge in [0.15, 0.2) is 0 Å². The fourth-order valence-corrected chi connectivity index (χ4v) is 1.84. The molecule has 0 heterocycles. The van der Waals surface area contributed by atoms with Crippen LogP contribution in [0.2, 0.25) is 0 Å². The van der Waals surface area contributed by atoms with E-state index in [0.717, 1.165) is 23.0 Å². The van der Waals surface area contributed by atoms with E-state index in [0.29, 0.717) is 5.75 Å². The van der Waals surface area contributed by atoms with Gasteiger partial charge in [0.25, 0.3) is 0 Å². The second-order valence-electron chi connectivity index (χ2n) is 3.18. The van der Waals surface area contributed by atoms with Crippen molar-refractivity contribution >= 4 is 23.8 Å². The van der Waals surface area contributed by atoms with Gasteiger partial charge in [0.1, 0.15) is 5.75 Å². The Balaban J connectivity index is 3.01. The number of thioether (sulfide) groups is 1. The number of methoxy groups -OCH3 is 1. The van der Waals surface area contributed by atoms with Crippen LogP contribution in [0.3, 0.4) is 0 Å². The van der Waals surface area contributed by atoms with Gasteiger partial charge in [-0.1, -0.05) is 6.07 Å². The van der Waals surface area contributed by atoms with E-state index in [2.05, 4.69) is 0 Å². The van der Waals surface area contributed by atoms with Gasteiger partial charge in [-0.05, 0) is 30.0 Å². The van der Waals surface area contributed by atoms with Crippen molar-refractivity contribution < 1.29 is 14.6 Å². The van der Waals surface area contributed by atoms with E-state index >= 15 is 0 Å². The molecule has 0 amide bonds. The van der Waals surface area contributed by atoms with Gasteiger partial charge in [0, 0.05) is 17.4 Å². The van der Waals surface area contributed by atoms with E-state index in [1.807, 2.05) is 24.5 Å². The number of hydrogen-bond donors (Lipinski definition) is 1. The molecule has 0 saturated heterocycles. The lowest BCUT2D eigenvalue weighted by molar-refractivity contribution is -0.131. The molecule has 86 valence electrons. The van der Waals surface area contributed by atoms with Crippen LogP contribution >= 0.6 is 11.8 Å². The normalized spacial score (nSPS) is 10.6. The topological polar surface area (TPSA) is 46.5 Å². The Kier molecular flexibility index (Phi) is 4.92. The van der Waals surface area contributed by atoms with Gasteiger partial charge >= 0.3 is 5.97 Å². The minimum Gasteiger partial charge on any atom is -0.496 e. The van der Waals surface area contributed by atoms with Gasteiger partial charge in [-0.15, -0.1) is 0 Å². The molecule has 0 spiro atoms. The molecule has 0 atom stereocenters. The summed E-state index contributed by atoms with van der Waals surface area (Å²) >= 11 is 1.72. The summed E-state index contributed by atoms with van der Waals surface area (Å²) in [5, 5.41) is 8.58. The second-order valence-corrected chi connectivity index (χ2v) is 4.05. The maximum absolute atomic E-state index is 10.5. The first-order chi connectivity index (χ1) is 7.67. The van der Waals surface area contributed by atoms with Crippen molar-refractivity contribution in [3.05, 3.63) is 35.4 Å². The number of aliphatic carboxylic acids is 1. The Bertz CT molecular complexity index is 399. The SMILES string of the molecule is COc1ccc(CSC)cc1/C=C/C(=O)O. The molecule has 0 fully saturated rings. The summed E-state index contributed by atoms with van der Waals surface area (Å²) in [6.45, 7) is 0. The van der Waals surface area contributed by atoms with Crippen LogP contribution in [0.15, 0.2) is 24.3 Å². The molecular weight excluding hydrogens is 224 g/mol. The van der Waals surface area contributed by atoms with Crippen molar-refractivity contribution in [3.63, 3.8) is 0 Å². The first-order valence-corrected chi connectivity index (χ1v) is 6.13. The smallest absolute Gasteiger partial charge is 0.328 e. The number of ether oxygens (including phenoxy) is 1. The van der Waals surface area contributed by atoms with Gasteiger partial charge < -0.3 is 9.84 Å². The van der Waals surface area contributed by atoms with E-state index in [-0.39, 0.29) is 0 Å². The molecule has 0 aliphatic rings. The third-order valence-corrected chi connectivity index (χ3v) is 2.63. The predicted octanol–water partition coefficient (Wildman–Crippen LogP) is 2.66. The molecule has 3 nitrogen and oxygen atoms in total. The van der Waals surface area contributed by atoms with Gasteiger partial charge in [0.2, 0.25) is 0 Å². The molecule has 0 aliphatic carbocycles. The Labute approximate surface area is 99.1 Å². The first kappa shape index (κ1) is 12.6. The molecule has 0 saturated carbocycles. The minimum absolute atomic E-state index is 0.683. The van der Waals surface area contributed by atoms with Crippen LogP contribution < -0.4 is 4.74 Å². The molecule has 0 bridgehead atoms.